The third-order valence-corrected chi connectivity index (χ3v) is 2.02. The van der Waals surface area contributed by atoms with E-state index in [-0.39, 0.29) is 0 Å². The van der Waals surface area contributed by atoms with Crippen molar-refractivity contribution in [3.8, 4) is 6.07 Å². The van der Waals surface area contributed by atoms with Gasteiger partial charge in [-0.1, -0.05) is 6.07 Å². The molecule has 0 fully saturated rings. The van der Waals surface area contributed by atoms with Gasteiger partial charge in [0, 0.05) is 13.2 Å². The van der Waals surface area contributed by atoms with Crippen LogP contribution in [0.15, 0.2) is 18.3 Å². The summed E-state index contributed by atoms with van der Waals surface area (Å²) in [5.41, 5.74) is 0.480. The van der Waals surface area contributed by atoms with Crippen LogP contribution in [0.4, 0.5) is 5.82 Å². The van der Waals surface area contributed by atoms with Crippen molar-refractivity contribution in [3.05, 3.63) is 23.9 Å². The number of nitriles is 1. The van der Waals surface area contributed by atoms with Gasteiger partial charge in [0.25, 0.3) is 0 Å². The molecule has 0 radical (unpaired) electrons. The van der Waals surface area contributed by atoms with Gasteiger partial charge in [-0.25, -0.2) is 4.98 Å². The first-order valence-corrected chi connectivity index (χ1v) is 4.15. The molecule has 1 aromatic rings. The minimum Gasteiger partial charge on any atom is -0.373 e. The topological polar surface area (TPSA) is 48.7 Å². The van der Waals surface area contributed by atoms with Crippen LogP contribution in [0.5, 0.6) is 0 Å². The highest BCUT2D eigenvalue weighted by Crippen LogP contribution is 2.21. The van der Waals surface area contributed by atoms with Crippen LogP contribution < -0.4 is 5.32 Å². The quantitative estimate of drug-likeness (QED) is 0.747. The minimum absolute atomic E-state index is 0.459. The number of pyridine rings is 1. The molecule has 0 saturated carbocycles. The van der Waals surface area contributed by atoms with E-state index in [4.69, 9.17) is 5.26 Å². The van der Waals surface area contributed by atoms with Crippen molar-refractivity contribution in [1.82, 2.24) is 4.98 Å². The summed E-state index contributed by atoms with van der Waals surface area (Å²) in [6.45, 7) is 3.76. The van der Waals surface area contributed by atoms with E-state index in [0.717, 1.165) is 11.4 Å². The normalized spacial score (nSPS) is 10.6. The molecule has 3 nitrogen and oxygen atoms in total. The molecule has 1 heterocycles. The Morgan fingerprint density at radius 1 is 1.46 bits per heavy atom. The van der Waals surface area contributed by atoms with E-state index < -0.39 is 5.41 Å². The number of hydrogen-bond acceptors (Lipinski definition) is 3. The monoisotopic (exact) mass is 175 g/mol. The predicted octanol–water partition coefficient (Wildman–Crippen LogP) is 1.92. The van der Waals surface area contributed by atoms with Crippen LogP contribution in [0.1, 0.15) is 19.4 Å². The van der Waals surface area contributed by atoms with Crippen molar-refractivity contribution >= 4 is 5.82 Å². The van der Waals surface area contributed by atoms with Crippen molar-refractivity contribution in [1.29, 1.82) is 5.26 Å². The SMILES string of the molecule is CNc1ccc(C(C)(C)C#N)cn1. The first-order chi connectivity index (χ1) is 6.10. The van der Waals surface area contributed by atoms with Crippen LogP contribution in [-0.2, 0) is 5.41 Å². The first-order valence-electron chi connectivity index (χ1n) is 4.15. The lowest BCUT2D eigenvalue weighted by Gasteiger charge is -2.14. The minimum atomic E-state index is -0.459. The zero-order chi connectivity index (χ0) is 9.90. The van der Waals surface area contributed by atoms with E-state index in [1.165, 1.54) is 0 Å². The molecular weight excluding hydrogens is 162 g/mol. The lowest BCUT2D eigenvalue weighted by molar-refractivity contribution is 0.683. The Bertz CT molecular complexity index is 319. The summed E-state index contributed by atoms with van der Waals surface area (Å²) in [4.78, 5) is 4.15. The molecule has 0 aliphatic rings. The number of hydrogen-bond donors (Lipinski definition) is 1. The fourth-order valence-corrected chi connectivity index (χ4v) is 0.976. The smallest absolute Gasteiger partial charge is 0.125 e. The lowest BCUT2D eigenvalue weighted by atomic mass is 9.88. The van der Waals surface area contributed by atoms with Crippen LogP contribution in [-0.4, -0.2) is 12.0 Å². The second-order valence-electron chi connectivity index (χ2n) is 3.42. The van der Waals surface area contributed by atoms with E-state index in [1.54, 1.807) is 6.20 Å². The second-order valence-corrected chi connectivity index (χ2v) is 3.42. The average molecular weight is 175 g/mol. The van der Waals surface area contributed by atoms with Crippen LogP contribution in [0.25, 0.3) is 0 Å². The number of anilines is 1. The molecular formula is C10H13N3. The van der Waals surface area contributed by atoms with E-state index in [0.29, 0.717) is 0 Å². The molecule has 0 atom stereocenters. The summed E-state index contributed by atoms with van der Waals surface area (Å²) in [6, 6.07) is 6.02. The molecule has 0 amide bonds. The maximum Gasteiger partial charge on any atom is 0.125 e. The van der Waals surface area contributed by atoms with Crippen LogP contribution in [0.3, 0.4) is 0 Å². The van der Waals surface area contributed by atoms with Gasteiger partial charge >= 0.3 is 0 Å². The number of aromatic nitrogens is 1. The maximum atomic E-state index is 8.88. The molecule has 0 aliphatic heterocycles. The fourth-order valence-electron chi connectivity index (χ4n) is 0.976. The van der Waals surface area contributed by atoms with Gasteiger partial charge in [0.1, 0.15) is 5.82 Å². The highest BCUT2D eigenvalue weighted by molar-refractivity contribution is 5.38. The standard InChI is InChI=1S/C10H13N3/c1-10(2,7-11)8-4-5-9(12-3)13-6-8/h4-6H,1-3H3,(H,12,13). The Kier molecular flexibility index (Phi) is 2.52. The fraction of sp³-hybridized carbons (Fsp3) is 0.400. The molecule has 68 valence electrons. The molecule has 0 unspecified atom stereocenters. The highest BCUT2D eigenvalue weighted by Gasteiger charge is 2.19. The molecule has 1 rings (SSSR count). The van der Waals surface area contributed by atoms with E-state index >= 15 is 0 Å². The Balaban J connectivity index is 3.00. The predicted molar refractivity (Wildman–Crippen MR) is 52.4 cm³/mol. The van der Waals surface area contributed by atoms with Gasteiger partial charge in [-0.15, -0.1) is 0 Å². The summed E-state index contributed by atoms with van der Waals surface area (Å²) in [5.74, 6) is 0.817. The zero-order valence-electron chi connectivity index (χ0n) is 8.13. The first kappa shape index (κ1) is 9.53. The van der Waals surface area contributed by atoms with Gasteiger partial charge in [-0.05, 0) is 25.5 Å². The zero-order valence-corrected chi connectivity index (χ0v) is 8.13. The molecule has 0 spiro atoms. The molecule has 3 heteroatoms. The molecule has 0 saturated heterocycles. The largest absolute Gasteiger partial charge is 0.373 e. The number of rotatable bonds is 2. The molecule has 0 bridgehead atoms. The van der Waals surface area contributed by atoms with Gasteiger partial charge in [0.2, 0.25) is 0 Å². The van der Waals surface area contributed by atoms with Gasteiger partial charge in [0.15, 0.2) is 0 Å². The Hall–Kier alpha value is -1.56. The van der Waals surface area contributed by atoms with Gasteiger partial charge < -0.3 is 5.32 Å². The van der Waals surface area contributed by atoms with Crippen LogP contribution in [0.2, 0.25) is 0 Å². The second kappa shape index (κ2) is 3.44. The molecule has 1 aromatic heterocycles. The van der Waals surface area contributed by atoms with E-state index in [1.807, 2.05) is 33.0 Å². The molecule has 1 N–H and O–H groups in total. The van der Waals surface area contributed by atoms with Crippen molar-refractivity contribution in [2.75, 3.05) is 12.4 Å². The molecule has 0 aromatic carbocycles. The summed E-state index contributed by atoms with van der Waals surface area (Å²) in [5, 5.41) is 11.8. The Labute approximate surface area is 78.4 Å². The van der Waals surface area contributed by atoms with Gasteiger partial charge in [-0.2, -0.15) is 5.26 Å². The maximum absolute atomic E-state index is 8.88. The van der Waals surface area contributed by atoms with Crippen molar-refractivity contribution < 1.29 is 0 Å². The Morgan fingerprint density at radius 2 is 2.15 bits per heavy atom. The molecule has 13 heavy (non-hydrogen) atoms. The third kappa shape index (κ3) is 1.97. The third-order valence-electron chi connectivity index (χ3n) is 2.02. The van der Waals surface area contributed by atoms with Crippen molar-refractivity contribution in [2.45, 2.75) is 19.3 Å². The summed E-state index contributed by atoms with van der Waals surface area (Å²) in [7, 11) is 1.82. The van der Waals surface area contributed by atoms with Crippen LogP contribution in [0, 0.1) is 11.3 Å². The average Bonchev–Trinajstić information content (AvgIpc) is 2.18. The molecule has 0 aliphatic carbocycles. The summed E-state index contributed by atoms with van der Waals surface area (Å²) >= 11 is 0. The number of nitrogens with zero attached hydrogens (tertiary/aromatic N) is 2. The number of nitrogens with one attached hydrogen (secondary N) is 1. The van der Waals surface area contributed by atoms with Crippen molar-refractivity contribution in [2.24, 2.45) is 0 Å². The highest BCUT2D eigenvalue weighted by atomic mass is 14.9. The summed E-state index contributed by atoms with van der Waals surface area (Å²) < 4.78 is 0. The van der Waals surface area contributed by atoms with Crippen LogP contribution >= 0.6 is 0 Å². The van der Waals surface area contributed by atoms with Gasteiger partial charge in [-0.3, -0.25) is 0 Å². The van der Waals surface area contributed by atoms with E-state index in [2.05, 4.69) is 16.4 Å². The van der Waals surface area contributed by atoms with Gasteiger partial charge in [0.05, 0.1) is 11.5 Å². The Morgan fingerprint density at radius 3 is 2.54 bits per heavy atom. The lowest BCUT2D eigenvalue weighted by Crippen LogP contribution is -2.14. The summed E-state index contributed by atoms with van der Waals surface area (Å²) in [6.07, 6.45) is 1.73. The van der Waals surface area contributed by atoms with Crippen molar-refractivity contribution in [3.63, 3.8) is 0 Å². The van der Waals surface area contributed by atoms with E-state index in [9.17, 15) is 0 Å².